The fraction of sp³-hybridized carbons (Fsp3) is 0.533. The molecule has 24 heavy (non-hydrogen) atoms. The Hall–Kier alpha value is -2.31. The van der Waals surface area contributed by atoms with Crippen molar-refractivity contribution < 1.29 is 4.74 Å². The van der Waals surface area contributed by atoms with Crippen molar-refractivity contribution in [2.24, 2.45) is 5.92 Å². The molecule has 9 heteroatoms. The summed E-state index contributed by atoms with van der Waals surface area (Å²) in [6.45, 7) is 3.66. The number of aromatic nitrogens is 5. The van der Waals surface area contributed by atoms with Crippen LogP contribution in [0.3, 0.4) is 0 Å². The summed E-state index contributed by atoms with van der Waals surface area (Å²) in [6, 6.07) is 4.14. The highest BCUT2D eigenvalue weighted by molar-refractivity contribution is 7.71. The standard InChI is InChI=1S/C15H19N7OS/c16-8-13-14(3-4-17-15(13)24)21-5-1-2-12(9-21)10-23-7-6-22-19-11-18-20-22/h3-4,11-12H,1-2,5-7,9-10H2,(H,17,24)/t12-/m0/s1. The highest BCUT2D eigenvalue weighted by Gasteiger charge is 2.22. The molecule has 0 bridgehead atoms. The Morgan fingerprint density at radius 1 is 1.50 bits per heavy atom. The van der Waals surface area contributed by atoms with E-state index in [-0.39, 0.29) is 0 Å². The molecule has 2 aromatic heterocycles. The maximum absolute atomic E-state index is 9.35. The van der Waals surface area contributed by atoms with Gasteiger partial charge in [0.1, 0.15) is 16.3 Å². The van der Waals surface area contributed by atoms with Crippen molar-refractivity contribution in [3.63, 3.8) is 0 Å². The molecule has 0 amide bonds. The zero-order valence-electron chi connectivity index (χ0n) is 13.3. The molecular weight excluding hydrogens is 326 g/mol. The van der Waals surface area contributed by atoms with Gasteiger partial charge in [-0.25, -0.2) is 0 Å². The number of rotatable bonds is 6. The second kappa shape index (κ2) is 7.99. The van der Waals surface area contributed by atoms with Crippen LogP contribution >= 0.6 is 12.2 Å². The third-order valence-corrected chi connectivity index (χ3v) is 4.41. The van der Waals surface area contributed by atoms with E-state index < -0.39 is 0 Å². The quantitative estimate of drug-likeness (QED) is 0.626. The van der Waals surface area contributed by atoms with Gasteiger partial charge in [-0.1, -0.05) is 12.2 Å². The molecule has 0 unspecified atom stereocenters. The molecule has 1 N–H and O–H groups in total. The Morgan fingerprint density at radius 3 is 3.21 bits per heavy atom. The topological polar surface area (TPSA) is 95.7 Å². The van der Waals surface area contributed by atoms with Gasteiger partial charge in [0.2, 0.25) is 0 Å². The number of aromatic amines is 1. The van der Waals surface area contributed by atoms with Gasteiger partial charge in [-0.2, -0.15) is 10.1 Å². The summed E-state index contributed by atoms with van der Waals surface area (Å²) in [5, 5.41) is 20.8. The fourth-order valence-corrected chi connectivity index (χ4v) is 3.16. The molecule has 0 radical (unpaired) electrons. The van der Waals surface area contributed by atoms with Crippen LogP contribution in [0.1, 0.15) is 18.4 Å². The molecule has 1 atom stereocenters. The molecule has 1 saturated heterocycles. The van der Waals surface area contributed by atoms with Gasteiger partial charge in [-0.3, -0.25) is 0 Å². The molecule has 0 aromatic carbocycles. The number of nitriles is 1. The van der Waals surface area contributed by atoms with E-state index in [1.54, 1.807) is 6.20 Å². The number of nitrogens with one attached hydrogen (secondary N) is 1. The molecule has 0 aliphatic carbocycles. The number of ether oxygens (including phenoxy) is 1. The minimum Gasteiger partial charge on any atom is -0.379 e. The Labute approximate surface area is 145 Å². The molecule has 0 spiro atoms. The predicted molar refractivity (Wildman–Crippen MR) is 89.9 cm³/mol. The molecule has 126 valence electrons. The summed E-state index contributed by atoms with van der Waals surface area (Å²) >= 11 is 5.21. The van der Waals surface area contributed by atoms with Gasteiger partial charge in [-0.15, -0.1) is 10.2 Å². The molecule has 1 aliphatic rings. The first-order chi connectivity index (χ1) is 11.8. The third kappa shape index (κ3) is 3.96. The van der Waals surface area contributed by atoms with Crippen molar-refractivity contribution in [2.75, 3.05) is 31.2 Å². The predicted octanol–water partition coefficient (Wildman–Crippen LogP) is 1.54. The van der Waals surface area contributed by atoms with Crippen molar-refractivity contribution >= 4 is 17.9 Å². The van der Waals surface area contributed by atoms with E-state index in [4.69, 9.17) is 17.0 Å². The van der Waals surface area contributed by atoms with E-state index in [9.17, 15) is 5.26 Å². The number of nitrogens with zero attached hydrogens (tertiary/aromatic N) is 6. The van der Waals surface area contributed by atoms with Crippen molar-refractivity contribution in [1.82, 2.24) is 25.2 Å². The number of H-pyrrole nitrogens is 1. The van der Waals surface area contributed by atoms with E-state index >= 15 is 0 Å². The van der Waals surface area contributed by atoms with Gasteiger partial charge in [0, 0.05) is 19.3 Å². The Bertz CT molecular complexity index is 752. The Morgan fingerprint density at radius 2 is 2.42 bits per heavy atom. The lowest BCUT2D eigenvalue weighted by molar-refractivity contribution is 0.0834. The lowest BCUT2D eigenvalue weighted by Crippen LogP contribution is -2.37. The second-order valence-corrected chi connectivity index (χ2v) is 6.15. The Balaban J connectivity index is 1.54. The van der Waals surface area contributed by atoms with Crippen LogP contribution in [0.2, 0.25) is 0 Å². The molecule has 1 fully saturated rings. The number of hydrogen-bond donors (Lipinski definition) is 1. The molecule has 3 heterocycles. The first-order valence-electron chi connectivity index (χ1n) is 7.93. The summed E-state index contributed by atoms with van der Waals surface area (Å²) in [4.78, 5) is 6.67. The van der Waals surface area contributed by atoms with E-state index in [0.29, 0.717) is 35.9 Å². The fourth-order valence-electron chi connectivity index (χ4n) is 2.95. The smallest absolute Gasteiger partial charge is 0.162 e. The largest absolute Gasteiger partial charge is 0.379 e. The van der Waals surface area contributed by atoms with E-state index in [1.165, 1.54) is 11.1 Å². The lowest BCUT2D eigenvalue weighted by atomic mass is 9.98. The van der Waals surface area contributed by atoms with Crippen LogP contribution in [-0.4, -0.2) is 51.5 Å². The van der Waals surface area contributed by atoms with Crippen molar-refractivity contribution in [2.45, 2.75) is 19.4 Å². The average molecular weight is 345 g/mol. The average Bonchev–Trinajstić information content (AvgIpc) is 3.12. The van der Waals surface area contributed by atoms with Crippen LogP contribution in [0.4, 0.5) is 5.69 Å². The Kier molecular flexibility index (Phi) is 5.51. The lowest BCUT2D eigenvalue weighted by Gasteiger charge is -2.34. The van der Waals surface area contributed by atoms with Crippen molar-refractivity contribution in [3.05, 3.63) is 28.8 Å². The summed E-state index contributed by atoms with van der Waals surface area (Å²) in [5.74, 6) is 0.437. The van der Waals surface area contributed by atoms with E-state index in [2.05, 4.69) is 31.4 Å². The maximum Gasteiger partial charge on any atom is 0.162 e. The number of anilines is 1. The first kappa shape index (κ1) is 16.5. The van der Waals surface area contributed by atoms with Crippen molar-refractivity contribution in [3.8, 4) is 6.07 Å². The first-order valence-corrected chi connectivity index (χ1v) is 8.34. The zero-order chi connectivity index (χ0) is 16.8. The van der Waals surface area contributed by atoms with Gasteiger partial charge < -0.3 is 14.6 Å². The van der Waals surface area contributed by atoms with Gasteiger partial charge in [0.15, 0.2) is 6.33 Å². The number of tetrazole rings is 1. The van der Waals surface area contributed by atoms with Gasteiger partial charge in [0.25, 0.3) is 0 Å². The summed E-state index contributed by atoms with van der Waals surface area (Å²) in [5.41, 5.74) is 1.46. The molecule has 3 rings (SSSR count). The van der Waals surface area contributed by atoms with Crippen LogP contribution < -0.4 is 4.90 Å². The highest BCUT2D eigenvalue weighted by Crippen LogP contribution is 2.26. The monoisotopic (exact) mass is 345 g/mol. The molecular formula is C15H19N7OS. The number of piperidine rings is 1. The third-order valence-electron chi connectivity index (χ3n) is 4.09. The van der Waals surface area contributed by atoms with Crippen LogP contribution in [0.5, 0.6) is 0 Å². The summed E-state index contributed by atoms with van der Waals surface area (Å²) in [7, 11) is 0. The van der Waals surface area contributed by atoms with Crippen molar-refractivity contribution in [1.29, 1.82) is 5.26 Å². The van der Waals surface area contributed by atoms with Gasteiger partial charge in [0.05, 0.1) is 25.4 Å². The van der Waals surface area contributed by atoms with E-state index in [0.717, 1.165) is 31.6 Å². The number of hydrogen-bond acceptors (Lipinski definition) is 7. The molecule has 8 nitrogen and oxygen atoms in total. The summed E-state index contributed by atoms with van der Waals surface area (Å²) in [6.07, 6.45) is 5.41. The highest BCUT2D eigenvalue weighted by atomic mass is 32.1. The van der Waals surface area contributed by atoms with Crippen LogP contribution in [0.15, 0.2) is 18.6 Å². The van der Waals surface area contributed by atoms with E-state index in [1.807, 2.05) is 6.07 Å². The molecule has 2 aromatic rings. The zero-order valence-corrected chi connectivity index (χ0v) is 14.1. The molecule has 0 saturated carbocycles. The number of pyridine rings is 1. The van der Waals surface area contributed by atoms with Gasteiger partial charge >= 0.3 is 0 Å². The van der Waals surface area contributed by atoms with Crippen LogP contribution in [0.25, 0.3) is 0 Å². The minimum absolute atomic E-state index is 0.437. The minimum atomic E-state index is 0.437. The van der Waals surface area contributed by atoms with Crippen LogP contribution in [-0.2, 0) is 11.3 Å². The van der Waals surface area contributed by atoms with Crippen LogP contribution in [0, 0.1) is 21.9 Å². The normalized spacial score (nSPS) is 17.6. The SMILES string of the molecule is N#Cc1c(N2CCC[C@H](COCCn3ncnn3)C2)cc[nH]c1=S. The van der Waals surface area contributed by atoms with Gasteiger partial charge in [-0.05, 0) is 30.0 Å². The second-order valence-electron chi connectivity index (χ2n) is 5.74. The summed E-state index contributed by atoms with van der Waals surface area (Å²) < 4.78 is 6.26. The molecule has 1 aliphatic heterocycles. The maximum atomic E-state index is 9.35.